The van der Waals surface area contributed by atoms with E-state index < -0.39 is 11.0 Å². The van der Waals surface area contributed by atoms with Crippen molar-refractivity contribution in [2.24, 2.45) is 0 Å². The van der Waals surface area contributed by atoms with E-state index in [0.717, 1.165) is 16.3 Å². The van der Waals surface area contributed by atoms with Gasteiger partial charge in [0.2, 0.25) is 0 Å². The van der Waals surface area contributed by atoms with Crippen LogP contribution in [0.25, 0.3) is 11.3 Å². The number of carbonyl (C=O) groups is 1. The standard InChI is InChI=1S/C17H14N4O3S/c22-17(19-13-7-4-8-14(9-13)21(23)24)18-10-16-20-15(11-25-16)12-5-2-1-3-6-12/h1-9,11H,10H2,(H2,18,19,22). The molecule has 0 saturated heterocycles. The van der Waals surface area contributed by atoms with Gasteiger partial charge in [0, 0.05) is 28.8 Å². The average molecular weight is 354 g/mol. The highest BCUT2D eigenvalue weighted by Gasteiger charge is 2.09. The molecule has 2 N–H and O–H groups in total. The van der Waals surface area contributed by atoms with Crippen LogP contribution in [0.4, 0.5) is 16.2 Å². The molecule has 0 bridgehead atoms. The smallest absolute Gasteiger partial charge is 0.319 e. The van der Waals surface area contributed by atoms with E-state index in [0.29, 0.717) is 5.69 Å². The van der Waals surface area contributed by atoms with E-state index >= 15 is 0 Å². The number of hydrogen-bond donors (Lipinski definition) is 2. The van der Waals surface area contributed by atoms with Crippen molar-refractivity contribution in [1.29, 1.82) is 0 Å². The van der Waals surface area contributed by atoms with Crippen molar-refractivity contribution in [2.75, 3.05) is 5.32 Å². The Morgan fingerprint density at radius 1 is 1.16 bits per heavy atom. The topological polar surface area (TPSA) is 97.2 Å². The van der Waals surface area contributed by atoms with Crippen LogP contribution < -0.4 is 10.6 Å². The summed E-state index contributed by atoms with van der Waals surface area (Å²) in [5.41, 5.74) is 2.16. The van der Waals surface area contributed by atoms with Gasteiger partial charge in [-0.15, -0.1) is 11.3 Å². The number of non-ortho nitro benzene ring substituents is 1. The van der Waals surface area contributed by atoms with Crippen molar-refractivity contribution >= 4 is 28.7 Å². The summed E-state index contributed by atoms with van der Waals surface area (Å²) in [6.45, 7) is 0.276. The van der Waals surface area contributed by atoms with Gasteiger partial charge >= 0.3 is 6.03 Å². The fraction of sp³-hybridized carbons (Fsp3) is 0.0588. The van der Waals surface area contributed by atoms with Crippen molar-refractivity contribution in [3.05, 3.63) is 75.1 Å². The lowest BCUT2D eigenvalue weighted by Crippen LogP contribution is -2.28. The summed E-state index contributed by atoms with van der Waals surface area (Å²) in [6, 6.07) is 15.1. The number of thiazole rings is 1. The third-order valence-electron chi connectivity index (χ3n) is 3.34. The first kappa shape index (κ1) is 16.6. The Hall–Kier alpha value is -3.26. The number of amides is 2. The normalized spacial score (nSPS) is 10.2. The second-order valence-electron chi connectivity index (χ2n) is 5.11. The van der Waals surface area contributed by atoms with Crippen LogP contribution in [0.1, 0.15) is 5.01 Å². The maximum atomic E-state index is 11.9. The predicted molar refractivity (Wildman–Crippen MR) is 96.5 cm³/mol. The third kappa shape index (κ3) is 4.39. The number of nitro benzene ring substituents is 1. The first-order valence-electron chi connectivity index (χ1n) is 7.41. The van der Waals surface area contributed by atoms with Gasteiger partial charge < -0.3 is 10.6 Å². The van der Waals surface area contributed by atoms with Crippen LogP contribution in [0.15, 0.2) is 60.0 Å². The van der Waals surface area contributed by atoms with Crippen LogP contribution in [0, 0.1) is 10.1 Å². The van der Waals surface area contributed by atoms with Gasteiger partial charge in [-0.2, -0.15) is 0 Å². The van der Waals surface area contributed by atoms with Crippen LogP contribution in [-0.4, -0.2) is 15.9 Å². The largest absolute Gasteiger partial charge is 0.331 e. The monoisotopic (exact) mass is 354 g/mol. The minimum atomic E-state index is -0.510. The second-order valence-corrected chi connectivity index (χ2v) is 6.05. The molecular weight excluding hydrogens is 340 g/mol. The van der Waals surface area contributed by atoms with Crippen LogP contribution in [-0.2, 0) is 6.54 Å². The van der Waals surface area contributed by atoms with Crippen molar-refractivity contribution in [1.82, 2.24) is 10.3 Å². The molecule has 0 spiro atoms. The minimum Gasteiger partial charge on any atom is -0.331 e. The van der Waals surface area contributed by atoms with Gasteiger partial charge in [-0.05, 0) is 6.07 Å². The van der Waals surface area contributed by atoms with Crippen LogP contribution >= 0.6 is 11.3 Å². The molecule has 0 unspecified atom stereocenters. The minimum absolute atomic E-state index is 0.0785. The SMILES string of the molecule is O=C(NCc1nc(-c2ccccc2)cs1)Nc1cccc([N+](=O)[O-])c1. The van der Waals surface area contributed by atoms with Gasteiger partial charge in [0.05, 0.1) is 17.2 Å². The Balaban J connectivity index is 1.57. The molecule has 0 fully saturated rings. The Kier molecular flexibility index (Phi) is 5.00. The molecule has 8 heteroatoms. The molecule has 1 aromatic heterocycles. The molecule has 0 saturated carbocycles. The van der Waals surface area contributed by atoms with E-state index in [4.69, 9.17) is 0 Å². The van der Waals surface area contributed by atoms with E-state index in [9.17, 15) is 14.9 Å². The summed E-state index contributed by atoms with van der Waals surface area (Å²) < 4.78 is 0. The average Bonchev–Trinajstić information content (AvgIpc) is 3.10. The molecule has 0 aliphatic heterocycles. The van der Waals surface area contributed by atoms with Crippen molar-refractivity contribution < 1.29 is 9.72 Å². The van der Waals surface area contributed by atoms with Crippen LogP contribution in [0.5, 0.6) is 0 Å². The van der Waals surface area contributed by atoms with E-state index in [-0.39, 0.29) is 12.2 Å². The lowest BCUT2D eigenvalue weighted by Gasteiger charge is -2.06. The number of carbonyl (C=O) groups excluding carboxylic acids is 1. The van der Waals surface area contributed by atoms with E-state index in [1.165, 1.54) is 29.5 Å². The fourth-order valence-corrected chi connectivity index (χ4v) is 2.91. The summed E-state index contributed by atoms with van der Waals surface area (Å²) >= 11 is 1.46. The van der Waals surface area contributed by atoms with Gasteiger partial charge in [0.15, 0.2) is 0 Å². The third-order valence-corrected chi connectivity index (χ3v) is 4.19. The zero-order valence-corrected chi connectivity index (χ0v) is 13.8. The number of rotatable bonds is 5. The quantitative estimate of drug-likeness (QED) is 0.534. The lowest BCUT2D eigenvalue weighted by atomic mass is 10.2. The highest BCUT2D eigenvalue weighted by Crippen LogP contribution is 2.21. The maximum absolute atomic E-state index is 11.9. The zero-order chi connectivity index (χ0) is 17.6. The molecule has 2 amide bonds. The maximum Gasteiger partial charge on any atom is 0.319 e. The van der Waals surface area contributed by atoms with E-state index in [1.54, 1.807) is 6.07 Å². The number of hydrogen-bond acceptors (Lipinski definition) is 5. The van der Waals surface area contributed by atoms with Gasteiger partial charge in [0.1, 0.15) is 5.01 Å². The van der Waals surface area contributed by atoms with E-state index in [1.807, 2.05) is 35.7 Å². The highest BCUT2D eigenvalue weighted by molar-refractivity contribution is 7.09. The molecule has 3 aromatic rings. The number of nitro groups is 1. The van der Waals surface area contributed by atoms with Crippen LogP contribution in [0.3, 0.4) is 0 Å². The Morgan fingerprint density at radius 3 is 2.72 bits per heavy atom. The van der Waals surface area contributed by atoms with Crippen LogP contribution in [0.2, 0.25) is 0 Å². The first-order valence-corrected chi connectivity index (χ1v) is 8.29. The molecule has 0 radical (unpaired) electrons. The number of urea groups is 1. The number of anilines is 1. The summed E-state index contributed by atoms with van der Waals surface area (Å²) in [7, 11) is 0. The molecular formula is C17H14N4O3S. The molecule has 3 rings (SSSR count). The van der Waals surface area contributed by atoms with Gasteiger partial charge in [-0.1, -0.05) is 36.4 Å². The summed E-state index contributed by atoms with van der Waals surface area (Å²) in [6.07, 6.45) is 0. The zero-order valence-electron chi connectivity index (χ0n) is 13.0. The molecule has 126 valence electrons. The molecule has 0 aliphatic carbocycles. The molecule has 7 nitrogen and oxygen atoms in total. The van der Waals surface area contributed by atoms with E-state index in [2.05, 4.69) is 15.6 Å². The first-order chi connectivity index (χ1) is 12.1. The van der Waals surface area contributed by atoms with Gasteiger partial charge in [0.25, 0.3) is 5.69 Å². The highest BCUT2D eigenvalue weighted by atomic mass is 32.1. The predicted octanol–water partition coefficient (Wildman–Crippen LogP) is 4.04. The summed E-state index contributed by atoms with van der Waals surface area (Å²) in [5.74, 6) is 0. The van der Waals surface area contributed by atoms with Crippen molar-refractivity contribution in [2.45, 2.75) is 6.54 Å². The van der Waals surface area contributed by atoms with Gasteiger partial charge in [-0.3, -0.25) is 10.1 Å². The summed E-state index contributed by atoms with van der Waals surface area (Å²) in [4.78, 5) is 26.6. The number of aromatic nitrogens is 1. The Labute approximate surface area is 147 Å². The van der Waals surface area contributed by atoms with Gasteiger partial charge in [-0.25, -0.2) is 9.78 Å². The Morgan fingerprint density at radius 2 is 1.96 bits per heavy atom. The van der Waals surface area contributed by atoms with Crippen molar-refractivity contribution in [3.63, 3.8) is 0 Å². The molecule has 2 aromatic carbocycles. The Bertz CT molecular complexity index is 896. The molecule has 0 aliphatic rings. The lowest BCUT2D eigenvalue weighted by molar-refractivity contribution is -0.384. The molecule has 0 atom stereocenters. The fourth-order valence-electron chi connectivity index (χ4n) is 2.16. The van der Waals surface area contributed by atoms with Crippen molar-refractivity contribution in [3.8, 4) is 11.3 Å². The number of nitrogens with one attached hydrogen (secondary N) is 2. The number of benzene rings is 2. The molecule has 1 heterocycles. The summed E-state index contributed by atoms with van der Waals surface area (Å²) in [5, 5.41) is 18.7. The second kappa shape index (κ2) is 7.54. The molecule has 25 heavy (non-hydrogen) atoms. The number of nitrogens with zero attached hydrogens (tertiary/aromatic N) is 2.